The summed E-state index contributed by atoms with van der Waals surface area (Å²) in [6, 6.07) is 5.31. The maximum absolute atomic E-state index is 6.36. The van der Waals surface area contributed by atoms with Gasteiger partial charge in [0.25, 0.3) is 0 Å². The van der Waals surface area contributed by atoms with Crippen molar-refractivity contribution in [1.29, 1.82) is 0 Å². The summed E-state index contributed by atoms with van der Waals surface area (Å²) < 4.78 is 0. The van der Waals surface area contributed by atoms with Crippen molar-refractivity contribution >= 4 is 11.3 Å². The smallest absolute Gasteiger partial charge is 0.0593 e. The van der Waals surface area contributed by atoms with Crippen LogP contribution in [-0.4, -0.2) is 24.0 Å². The Morgan fingerprint density at radius 1 is 1.39 bits per heavy atom. The van der Waals surface area contributed by atoms with Gasteiger partial charge in [-0.25, -0.2) is 0 Å². The van der Waals surface area contributed by atoms with Crippen molar-refractivity contribution in [1.82, 2.24) is 4.90 Å². The van der Waals surface area contributed by atoms with Gasteiger partial charge in [0.1, 0.15) is 0 Å². The lowest BCUT2D eigenvalue weighted by molar-refractivity contribution is 0.138. The average molecular weight is 266 g/mol. The van der Waals surface area contributed by atoms with Crippen LogP contribution in [0.3, 0.4) is 0 Å². The molecule has 0 bridgehead atoms. The maximum Gasteiger partial charge on any atom is 0.0593 e. The average Bonchev–Trinajstić information content (AvgIpc) is 2.77. The molecule has 2 rings (SSSR count). The van der Waals surface area contributed by atoms with Gasteiger partial charge in [0.05, 0.1) is 6.04 Å². The number of nitrogens with zero attached hydrogens (tertiary/aromatic N) is 1. The summed E-state index contributed by atoms with van der Waals surface area (Å²) in [6.07, 6.45) is 2.40. The number of piperidine rings is 1. The van der Waals surface area contributed by atoms with Crippen LogP contribution in [0, 0.1) is 0 Å². The van der Waals surface area contributed by atoms with Crippen LogP contribution in [0.2, 0.25) is 0 Å². The van der Waals surface area contributed by atoms with Crippen molar-refractivity contribution in [3.05, 3.63) is 21.9 Å². The molecule has 1 fully saturated rings. The van der Waals surface area contributed by atoms with Crippen LogP contribution in [0.25, 0.3) is 0 Å². The van der Waals surface area contributed by atoms with Crippen molar-refractivity contribution in [2.24, 2.45) is 5.73 Å². The molecule has 0 amide bonds. The molecule has 0 aliphatic carbocycles. The molecule has 0 aromatic carbocycles. The fourth-order valence-electron chi connectivity index (χ4n) is 2.76. The molecule has 1 saturated heterocycles. The van der Waals surface area contributed by atoms with E-state index in [1.807, 2.05) is 11.3 Å². The third-order valence-electron chi connectivity index (χ3n) is 3.85. The highest BCUT2D eigenvalue weighted by atomic mass is 32.1. The number of hydrogen-bond donors (Lipinski definition) is 1. The van der Waals surface area contributed by atoms with Gasteiger partial charge >= 0.3 is 0 Å². The van der Waals surface area contributed by atoms with Gasteiger partial charge in [-0.1, -0.05) is 27.7 Å². The van der Waals surface area contributed by atoms with Gasteiger partial charge in [-0.3, -0.25) is 4.90 Å². The molecule has 0 radical (unpaired) electrons. The van der Waals surface area contributed by atoms with Crippen molar-refractivity contribution in [3.8, 4) is 0 Å². The fraction of sp³-hybridized carbons (Fsp3) is 0.733. The molecular weight excluding hydrogens is 240 g/mol. The monoisotopic (exact) mass is 266 g/mol. The highest BCUT2D eigenvalue weighted by Gasteiger charge is 2.31. The second-order valence-electron chi connectivity index (χ2n) is 6.33. The minimum atomic E-state index is 0.249. The second-order valence-corrected chi connectivity index (χ2v) is 7.45. The van der Waals surface area contributed by atoms with Gasteiger partial charge in [0.15, 0.2) is 0 Å². The lowest BCUT2D eigenvalue weighted by Crippen LogP contribution is -2.45. The third-order valence-corrected chi connectivity index (χ3v) is 5.43. The Bertz CT molecular complexity index is 391. The summed E-state index contributed by atoms with van der Waals surface area (Å²) in [5, 5.41) is 0. The standard InChI is InChI=1S/C15H26N2S/c1-5-17-10-6-7-11(16)14(17)12-8-9-13(18-12)15(2,3)4/h8-9,11,14H,5-7,10,16H2,1-4H3. The molecule has 1 aliphatic rings. The summed E-state index contributed by atoms with van der Waals surface area (Å²) in [5.74, 6) is 0. The fourth-order valence-corrected chi connectivity index (χ4v) is 4.04. The Hall–Kier alpha value is -0.380. The van der Waals surface area contributed by atoms with E-state index in [1.165, 1.54) is 22.7 Å². The van der Waals surface area contributed by atoms with Gasteiger partial charge in [0.2, 0.25) is 0 Å². The predicted octanol–water partition coefficient (Wildman–Crippen LogP) is 3.53. The van der Waals surface area contributed by atoms with E-state index in [1.54, 1.807) is 0 Å². The van der Waals surface area contributed by atoms with Gasteiger partial charge in [-0.05, 0) is 43.5 Å². The summed E-state index contributed by atoms with van der Waals surface area (Å²) >= 11 is 1.95. The first-order valence-electron chi connectivity index (χ1n) is 7.03. The third kappa shape index (κ3) is 2.79. The van der Waals surface area contributed by atoms with Gasteiger partial charge in [0, 0.05) is 15.8 Å². The zero-order valence-electron chi connectivity index (χ0n) is 12.1. The van der Waals surface area contributed by atoms with Crippen LogP contribution in [0.1, 0.15) is 56.3 Å². The minimum Gasteiger partial charge on any atom is -0.326 e. The highest BCUT2D eigenvalue weighted by Crippen LogP contribution is 2.37. The van der Waals surface area contributed by atoms with Crippen molar-refractivity contribution in [3.63, 3.8) is 0 Å². The Morgan fingerprint density at radius 2 is 2.11 bits per heavy atom. The maximum atomic E-state index is 6.36. The Labute approximate surface area is 115 Å². The molecule has 3 heteroatoms. The molecule has 2 atom stereocenters. The zero-order valence-corrected chi connectivity index (χ0v) is 12.9. The molecule has 0 spiro atoms. The van der Waals surface area contributed by atoms with E-state index in [9.17, 15) is 0 Å². The van der Waals surface area contributed by atoms with Crippen LogP contribution < -0.4 is 5.73 Å². The molecule has 2 heterocycles. The molecule has 0 saturated carbocycles. The molecule has 1 aromatic rings. The number of likely N-dealkylation sites (N-methyl/N-ethyl adjacent to an activating group) is 1. The number of hydrogen-bond acceptors (Lipinski definition) is 3. The van der Waals surface area contributed by atoms with E-state index in [-0.39, 0.29) is 5.41 Å². The van der Waals surface area contributed by atoms with Crippen LogP contribution in [-0.2, 0) is 5.41 Å². The van der Waals surface area contributed by atoms with Crippen LogP contribution in [0.5, 0.6) is 0 Å². The van der Waals surface area contributed by atoms with E-state index in [0.29, 0.717) is 12.1 Å². The van der Waals surface area contributed by atoms with E-state index in [0.717, 1.165) is 13.0 Å². The Kier molecular flexibility index (Phi) is 4.15. The van der Waals surface area contributed by atoms with Gasteiger partial charge in [-0.15, -0.1) is 11.3 Å². The molecule has 2 unspecified atom stereocenters. The number of thiophene rings is 1. The van der Waals surface area contributed by atoms with Crippen molar-refractivity contribution in [2.45, 2.75) is 58.0 Å². The number of nitrogens with two attached hydrogens (primary N) is 1. The van der Waals surface area contributed by atoms with Crippen molar-refractivity contribution < 1.29 is 0 Å². The summed E-state index contributed by atoms with van der Waals surface area (Å²) in [4.78, 5) is 5.45. The van der Waals surface area contributed by atoms with E-state index in [4.69, 9.17) is 5.73 Å². The second kappa shape index (κ2) is 5.32. The highest BCUT2D eigenvalue weighted by molar-refractivity contribution is 7.12. The van der Waals surface area contributed by atoms with E-state index in [2.05, 4.69) is 44.7 Å². The van der Waals surface area contributed by atoms with Crippen molar-refractivity contribution in [2.75, 3.05) is 13.1 Å². The van der Waals surface area contributed by atoms with E-state index >= 15 is 0 Å². The molecule has 2 nitrogen and oxygen atoms in total. The van der Waals surface area contributed by atoms with E-state index < -0.39 is 0 Å². The summed E-state index contributed by atoms with van der Waals surface area (Å²) in [5.41, 5.74) is 6.61. The SMILES string of the molecule is CCN1CCCC(N)C1c1ccc(C(C)(C)C)s1. The topological polar surface area (TPSA) is 29.3 Å². The minimum absolute atomic E-state index is 0.249. The molecule has 102 valence electrons. The Balaban J connectivity index is 2.25. The number of likely N-dealkylation sites (tertiary alicyclic amines) is 1. The quantitative estimate of drug-likeness (QED) is 0.887. The molecule has 1 aromatic heterocycles. The first-order valence-corrected chi connectivity index (χ1v) is 7.85. The first-order chi connectivity index (χ1) is 8.43. The molecule has 2 N–H and O–H groups in total. The summed E-state index contributed by atoms with van der Waals surface area (Å²) in [7, 11) is 0. The lowest BCUT2D eigenvalue weighted by Gasteiger charge is -2.38. The van der Waals surface area contributed by atoms with Gasteiger partial charge in [-0.2, -0.15) is 0 Å². The normalized spacial score (nSPS) is 26.5. The summed E-state index contributed by atoms with van der Waals surface area (Å²) in [6.45, 7) is 11.4. The zero-order chi connectivity index (χ0) is 13.3. The predicted molar refractivity (Wildman–Crippen MR) is 80.2 cm³/mol. The Morgan fingerprint density at radius 3 is 2.67 bits per heavy atom. The first kappa shape index (κ1) is 14.0. The van der Waals surface area contributed by atoms with Crippen LogP contribution in [0.15, 0.2) is 12.1 Å². The lowest BCUT2D eigenvalue weighted by atomic mass is 9.94. The van der Waals surface area contributed by atoms with Crippen LogP contribution in [0.4, 0.5) is 0 Å². The van der Waals surface area contributed by atoms with Crippen LogP contribution >= 0.6 is 11.3 Å². The van der Waals surface area contributed by atoms with Gasteiger partial charge < -0.3 is 5.73 Å². The molecule has 18 heavy (non-hydrogen) atoms. The molecular formula is C15H26N2S. The molecule has 1 aliphatic heterocycles. The number of rotatable bonds is 2. The largest absolute Gasteiger partial charge is 0.326 e.